The second-order valence-electron chi connectivity index (χ2n) is 4.16. The predicted molar refractivity (Wildman–Crippen MR) is 52.9 cm³/mol. The Labute approximate surface area is 84.4 Å². The summed E-state index contributed by atoms with van der Waals surface area (Å²) in [6, 6.07) is 0.432. The molecule has 1 aliphatic heterocycles. The van der Waals surface area contributed by atoms with Crippen LogP contribution in [0.25, 0.3) is 0 Å². The van der Waals surface area contributed by atoms with Crippen LogP contribution in [0.5, 0.6) is 0 Å². The summed E-state index contributed by atoms with van der Waals surface area (Å²) >= 11 is 0. The summed E-state index contributed by atoms with van der Waals surface area (Å²) in [5.41, 5.74) is 5.47. The number of hydrogen-bond donors (Lipinski definition) is 1. The number of ether oxygens (including phenoxy) is 1. The smallest absolute Gasteiger partial charge is 0.410 e. The Hall–Kier alpha value is -0.770. The summed E-state index contributed by atoms with van der Waals surface area (Å²) < 4.78 is 5.22. The van der Waals surface area contributed by atoms with E-state index in [-0.39, 0.29) is 12.2 Å². The minimum atomic E-state index is -0.154. The summed E-state index contributed by atoms with van der Waals surface area (Å²) in [7, 11) is 0. The molecule has 80 valence electrons. The van der Waals surface area contributed by atoms with E-state index in [9.17, 15) is 4.79 Å². The Balaban J connectivity index is 1.91. The number of carbonyl (C=O) groups is 1. The van der Waals surface area contributed by atoms with Crippen molar-refractivity contribution in [3.63, 3.8) is 0 Å². The van der Waals surface area contributed by atoms with Gasteiger partial charge in [0.25, 0.3) is 0 Å². The Morgan fingerprint density at radius 2 is 2.07 bits per heavy atom. The molecule has 2 fully saturated rings. The topological polar surface area (TPSA) is 55.6 Å². The highest BCUT2D eigenvalue weighted by Crippen LogP contribution is 2.26. The van der Waals surface area contributed by atoms with E-state index in [4.69, 9.17) is 10.5 Å². The third kappa shape index (κ3) is 1.85. The van der Waals surface area contributed by atoms with Crippen LogP contribution in [0.3, 0.4) is 0 Å². The fourth-order valence-electron chi connectivity index (χ4n) is 2.36. The standard InChI is InChI=1S/C10H18N2O2/c11-7-9-5-6-12(10(13)14-9)8-3-1-2-4-8/h8-9H,1-7,11H2. The Kier molecular flexibility index (Phi) is 2.91. The molecular weight excluding hydrogens is 180 g/mol. The largest absolute Gasteiger partial charge is 0.445 e. The van der Waals surface area contributed by atoms with Crippen molar-refractivity contribution < 1.29 is 9.53 Å². The molecule has 2 rings (SSSR count). The van der Waals surface area contributed by atoms with E-state index < -0.39 is 0 Å². The SMILES string of the molecule is NCC1CCN(C2CCCC2)C(=O)O1. The normalized spacial score (nSPS) is 29.4. The molecule has 2 aliphatic rings. The van der Waals surface area contributed by atoms with Crippen LogP contribution in [0, 0.1) is 0 Å². The van der Waals surface area contributed by atoms with Gasteiger partial charge in [-0.15, -0.1) is 0 Å². The monoisotopic (exact) mass is 198 g/mol. The number of nitrogens with two attached hydrogens (primary N) is 1. The van der Waals surface area contributed by atoms with Gasteiger partial charge in [0, 0.05) is 25.6 Å². The molecule has 14 heavy (non-hydrogen) atoms. The fourth-order valence-corrected chi connectivity index (χ4v) is 2.36. The molecule has 0 radical (unpaired) electrons. The van der Waals surface area contributed by atoms with Crippen LogP contribution in [-0.4, -0.2) is 36.2 Å². The van der Waals surface area contributed by atoms with Crippen LogP contribution in [0.15, 0.2) is 0 Å². The lowest BCUT2D eigenvalue weighted by atomic mass is 10.1. The number of nitrogens with zero attached hydrogens (tertiary/aromatic N) is 1. The Bertz CT molecular complexity index is 214. The van der Waals surface area contributed by atoms with Crippen molar-refractivity contribution in [1.29, 1.82) is 0 Å². The quantitative estimate of drug-likeness (QED) is 0.722. The zero-order chi connectivity index (χ0) is 9.97. The van der Waals surface area contributed by atoms with Crippen LogP contribution < -0.4 is 5.73 Å². The van der Waals surface area contributed by atoms with Gasteiger partial charge in [0.15, 0.2) is 0 Å². The first kappa shape index (κ1) is 9.77. The van der Waals surface area contributed by atoms with E-state index in [1.54, 1.807) is 0 Å². The summed E-state index contributed by atoms with van der Waals surface area (Å²) in [6.45, 7) is 1.27. The average Bonchev–Trinajstić information content (AvgIpc) is 2.70. The van der Waals surface area contributed by atoms with Crippen molar-refractivity contribution in [2.45, 2.75) is 44.2 Å². The molecule has 0 aromatic rings. The first-order valence-corrected chi connectivity index (χ1v) is 5.48. The molecule has 1 saturated heterocycles. The van der Waals surface area contributed by atoms with E-state index in [1.807, 2.05) is 4.90 Å². The van der Waals surface area contributed by atoms with Crippen LogP contribution in [0.2, 0.25) is 0 Å². The van der Waals surface area contributed by atoms with Crippen LogP contribution in [0.1, 0.15) is 32.1 Å². The molecule has 4 nitrogen and oxygen atoms in total. The first-order chi connectivity index (χ1) is 6.81. The van der Waals surface area contributed by atoms with Gasteiger partial charge >= 0.3 is 6.09 Å². The van der Waals surface area contributed by atoms with E-state index in [0.717, 1.165) is 25.8 Å². The van der Waals surface area contributed by atoms with Crippen molar-refractivity contribution in [2.75, 3.05) is 13.1 Å². The van der Waals surface area contributed by atoms with Gasteiger partial charge in [-0.25, -0.2) is 4.79 Å². The number of rotatable bonds is 2. The molecule has 4 heteroatoms. The molecule has 2 N–H and O–H groups in total. The van der Waals surface area contributed by atoms with Crippen molar-refractivity contribution in [3.8, 4) is 0 Å². The maximum Gasteiger partial charge on any atom is 0.410 e. The van der Waals surface area contributed by atoms with Crippen LogP contribution >= 0.6 is 0 Å². The summed E-state index contributed by atoms with van der Waals surface area (Å²) in [4.78, 5) is 13.5. The lowest BCUT2D eigenvalue weighted by Gasteiger charge is -2.35. The van der Waals surface area contributed by atoms with Crippen LogP contribution in [-0.2, 0) is 4.74 Å². The van der Waals surface area contributed by atoms with Gasteiger partial charge in [0.05, 0.1) is 0 Å². The van der Waals surface area contributed by atoms with Crippen molar-refractivity contribution in [1.82, 2.24) is 4.90 Å². The zero-order valence-electron chi connectivity index (χ0n) is 8.45. The van der Waals surface area contributed by atoms with Gasteiger partial charge in [-0.2, -0.15) is 0 Å². The van der Waals surface area contributed by atoms with Crippen molar-refractivity contribution in [2.24, 2.45) is 5.73 Å². The highest BCUT2D eigenvalue weighted by atomic mass is 16.6. The number of carbonyl (C=O) groups excluding carboxylic acids is 1. The summed E-state index contributed by atoms with van der Waals surface area (Å²) in [6.07, 6.45) is 5.45. The van der Waals surface area contributed by atoms with E-state index in [0.29, 0.717) is 12.6 Å². The Morgan fingerprint density at radius 3 is 2.64 bits per heavy atom. The van der Waals surface area contributed by atoms with Gasteiger partial charge in [0.2, 0.25) is 0 Å². The number of cyclic esters (lactones) is 1. The minimum absolute atomic E-state index is 0.0554. The molecule has 0 bridgehead atoms. The van der Waals surface area contributed by atoms with E-state index >= 15 is 0 Å². The van der Waals surface area contributed by atoms with Gasteiger partial charge in [-0.05, 0) is 12.8 Å². The van der Waals surface area contributed by atoms with Crippen molar-refractivity contribution >= 4 is 6.09 Å². The second-order valence-corrected chi connectivity index (χ2v) is 4.16. The maximum atomic E-state index is 11.6. The third-order valence-electron chi connectivity index (χ3n) is 3.22. The molecule has 1 atom stereocenters. The van der Waals surface area contributed by atoms with Gasteiger partial charge in [-0.3, -0.25) is 0 Å². The molecule has 1 amide bonds. The molecule has 0 aromatic carbocycles. The Morgan fingerprint density at radius 1 is 1.36 bits per heavy atom. The highest BCUT2D eigenvalue weighted by molar-refractivity contribution is 5.69. The molecular formula is C10H18N2O2. The maximum absolute atomic E-state index is 11.6. The second kappa shape index (κ2) is 4.17. The molecule has 1 aliphatic carbocycles. The molecule has 1 saturated carbocycles. The van der Waals surface area contributed by atoms with Gasteiger partial charge < -0.3 is 15.4 Å². The minimum Gasteiger partial charge on any atom is -0.445 e. The lowest BCUT2D eigenvalue weighted by Crippen LogP contribution is -2.48. The molecule has 1 heterocycles. The molecule has 0 aromatic heterocycles. The molecule has 0 spiro atoms. The summed E-state index contributed by atoms with van der Waals surface area (Å²) in [5.74, 6) is 0. The lowest BCUT2D eigenvalue weighted by molar-refractivity contribution is 0.0157. The fraction of sp³-hybridized carbons (Fsp3) is 0.900. The average molecular weight is 198 g/mol. The first-order valence-electron chi connectivity index (χ1n) is 5.48. The predicted octanol–water partition coefficient (Wildman–Crippen LogP) is 1.10. The van der Waals surface area contributed by atoms with Gasteiger partial charge in [0.1, 0.15) is 6.10 Å². The van der Waals surface area contributed by atoms with Crippen molar-refractivity contribution in [3.05, 3.63) is 0 Å². The zero-order valence-corrected chi connectivity index (χ0v) is 8.45. The van der Waals surface area contributed by atoms with Crippen LogP contribution in [0.4, 0.5) is 4.79 Å². The number of hydrogen-bond acceptors (Lipinski definition) is 3. The highest BCUT2D eigenvalue weighted by Gasteiger charge is 2.32. The molecule has 1 unspecified atom stereocenters. The van der Waals surface area contributed by atoms with E-state index in [1.165, 1.54) is 12.8 Å². The van der Waals surface area contributed by atoms with E-state index in [2.05, 4.69) is 0 Å². The third-order valence-corrected chi connectivity index (χ3v) is 3.22. The summed E-state index contributed by atoms with van der Waals surface area (Å²) in [5, 5.41) is 0. The van der Waals surface area contributed by atoms with Gasteiger partial charge in [-0.1, -0.05) is 12.8 Å². The number of amides is 1.